The first-order chi connectivity index (χ1) is 32.3. The van der Waals surface area contributed by atoms with Gasteiger partial charge in [0, 0.05) is 69.7 Å². The third-order valence-corrected chi connectivity index (χ3v) is 13.0. The molecule has 2 saturated heterocycles. The second kappa shape index (κ2) is 20.6. The van der Waals surface area contributed by atoms with Crippen LogP contribution in [0, 0.1) is 17.3 Å². The molecule has 3 atom stereocenters. The Labute approximate surface area is 396 Å². The van der Waals surface area contributed by atoms with Crippen LogP contribution in [0.25, 0.3) is 32.9 Å². The maximum atomic E-state index is 14.3. The second-order valence-electron chi connectivity index (χ2n) is 18.0. The summed E-state index contributed by atoms with van der Waals surface area (Å²) in [4.78, 5) is 70.8. The van der Waals surface area contributed by atoms with Crippen LogP contribution in [0.1, 0.15) is 69.2 Å². The van der Waals surface area contributed by atoms with Crippen LogP contribution in [0.3, 0.4) is 0 Å². The van der Waals surface area contributed by atoms with E-state index in [4.69, 9.17) is 26.1 Å². The Balaban J connectivity index is 1.11. The summed E-state index contributed by atoms with van der Waals surface area (Å²) in [6.45, 7) is 9.74. The summed E-state index contributed by atoms with van der Waals surface area (Å²) in [5.74, 6) is -0.609. The molecular formula is C48H56ClF3N8O8. The van der Waals surface area contributed by atoms with E-state index in [1.807, 2.05) is 24.0 Å². The number of aromatic amines is 1. The zero-order valence-corrected chi connectivity index (χ0v) is 39.5. The first-order valence-corrected chi connectivity index (χ1v) is 22.8. The van der Waals surface area contributed by atoms with Crippen molar-refractivity contribution in [3.05, 3.63) is 77.2 Å². The Bertz CT molecular complexity index is 2660. The summed E-state index contributed by atoms with van der Waals surface area (Å²) < 4.78 is 56.8. The van der Waals surface area contributed by atoms with Crippen LogP contribution in [0.15, 0.2) is 60.8 Å². The number of nitrogens with one attached hydrogen (secondary N) is 3. The van der Waals surface area contributed by atoms with Crippen LogP contribution in [-0.2, 0) is 19.1 Å². The highest BCUT2D eigenvalue weighted by atomic mass is 35.5. The van der Waals surface area contributed by atoms with Gasteiger partial charge in [0.15, 0.2) is 0 Å². The number of hydrogen-bond acceptors (Lipinski definition) is 11. The zero-order valence-electron chi connectivity index (χ0n) is 38.7. The van der Waals surface area contributed by atoms with E-state index in [-0.39, 0.29) is 52.1 Å². The minimum Gasteiger partial charge on any atom is -0.453 e. The Morgan fingerprint density at radius 3 is 2.47 bits per heavy atom. The summed E-state index contributed by atoms with van der Waals surface area (Å²) in [5, 5.41) is 16.2. The molecule has 2 aliphatic heterocycles. The molecule has 7 rings (SSSR count). The first kappa shape index (κ1) is 49.7. The van der Waals surface area contributed by atoms with Crippen molar-refractivity contribution in [1.29, 1.82) is 0 Å². The van der Waals surface area contributed by atoms with Crippen molar-refractivity contribution in [2.24, 2.45) is 17.3 Å². The summed E-state index contributed by atoms with van der Waals surface area (Å²) in [7, 11) is 2.91. The number of halogens is 4. The number of likely N-dealkylation sites (tertiary alicyclic amines) is 1. The molecule has 0 bridgehead atoms. The number of aliphatic hydroxyl groups excluding tert-OH is 1. The number of imidazole rings is 1. The molecule has 0 saturated carbocycles. The van der Waals surface area contributed by atoms with Gasteiger partial charge in [0.2, 0.25) is 11.8 Å². The third kappa shape index (κ3) is 11.1. The standard InChI is InChI=1S/C48H56ClF3N8O8/c1-7-59(17-16-58(5)45(64)47(3,4)26-61)39-13-10-31(24-53-39)43(62)55-36-23-38(68-48(50,51)52)33(22-34(36)49)30-8-11-32-29(21-30)9-12-35-41(32)56-42(54-35)37-20-27(2)25-60(37)44(63)40(57-46(65)66-6)28-14-18-67-19-15-28/h8-13,21-24,27-28,37,40,61H,7,14-20,25-26H2,1-6H3,(H,54,56)(H,55,62)(H,57,65). The van der Waals surface area contributed by atoms with Gasteiger partial charge in [0.1, 0.15) is 23.4 Å². The maximum Gasteiger partial charge on any atom is 0.573 e. The van der Waals surface area contributed by atoms with Gasteiger partial charge >= 0.3 is 12.5 Å². The predicted molar refractivity (Wildman–Crippen MR) is 250 cm³/mol. The van der Waals surface area contributed by atoms with Crippen molar-refractivity contribution < 1.29 is 51.7 Å². The van der Waals surface area contributed by atoms with E-state index in [2.05, 4.69) is 32.3 Å². The van der Waals surface area contributed by atoms with Crippen LogP contribution in [0.4, 0.5) is 29.5 Å². The average Bonchev–Trinajstić information content (AvgIpc) is 3.95. The number of hydrogen-bond donors (Lipinski definition) is 4. The molecule has 0 spiro atoms. The van der Waals surface area contributed by atoms with Crippen LogP contribution in [0.2, 0.25) is 5.02 Å². The number of ether oxygens (including phenoxy) is 3. The number of alkyl carbamates (subject to hydrolysis) is 1. The molecule has 4 heterocycles. The number of benzene rings is 3. The van der Waals surface area contributed by atoms with E-state index < -0.39 is 41.6 Å². The normalized spacial score (nSPS) is 17.2. The molecule has 3 aromatic carbocycles. The van der Waals surface area contributed by atoms with Gasteiger partial charge in [-0.25, -0.2) is 14.8 Å². The molecule has 4 amide bonds. The van der Waals surface area contributed by atoms with Crippen LogP contribution in [-0.4, -0.2) is 126 Å². The summed E-state index contributed by atoms with van der Waals surface area (Å²) in [5.41, 5.74) is 0.711. The van der Waals surface area contributed by atoms with Gasteiger partial charge in [0.05, 0.1) is 52.5 Å². The van der Waals surface area contributed by atoms with Crippen molar-refractivity contribution in [2.75, 3.05) is 70.4 Å². The Hall–Kier alpha value is -6.18. The number of carbonyl (C=O) groups is 4. The monoisotopic (exact) mass is 964 g/mol. The number of anilines is 2. The molecule has 364 valence electrons. The fourth-order valence-electron chi connectivity index (χ4n) is 8.87. The molecule has 68 heavy (non-hydrogen) atoms. The Morgan fingerprint density at radius 1 is 1.06 bits per heavy atom. The number of methoxy groups -OCH3 is 1. The number of aromatic nitrogens is 3. The van der Waals surface area contributed by atoms with Gasteiger partial charge in [-0.05, 0) is 93.2 Å². The number of pyridine rings is 1. The SMILES string of the molecule is CCN(CCN(C)C(=O)C(C)(C)CO)c1ccc(C(=O)Nc2cc(OC(F)(F)F)c(-c3ccc4c(ccc5[nH]c(C6CC(C)CN6C(=O)C(NC(=O)OC)C6CCOCC6)nc54)c3)cc2Cl)cn1. The smallest absolute Gasteiger partial charge is 0.453 e. The van der Waals surface area contributed by atoms with E-state index >= 15 is 0 Å². The summed E-state index contributed by atoms with van der Waals surface area (Å²) in [6, 6.07) is 12.9. The summed E-state index contributed by atoms with van der Waals surface area (Å²) in [6.07, 6.45) is -2.61. The fourth-order valence-corrected chi connectivity index (χ4v) is 9.08. The van der Waals surface area contributed by atoms with Gasteiger partial charge in [-0.15, -0.1) is 13.2 Å². The number of H-pyrrole nitrogens is 1. The minimum absolute atomic E-state index is 0.0155. The number of fused-ring (bicyclic) bond motifs is 3. The summed E-state index contributed by atoms with van der Waals surface area (Å²) >= 11 is 6.67. The highest BCUT2D eigenvalue weighted by Gasteiger charge is 2.42. The highest BCUT2D eigenvalue weighted by Crippen LogP contribution is 2.42. The van der Waals surface area contributed by atoms with Crippen LogP contribution in [0.5, 0.6) is 5.75 Å². The van der Waals surface area contributed by atoms with E-state index in [0.717, 1.165) is 6.07 Å². The number of aliphatic hydroxyl groups is 1. The van der Waals surface area contributed by atoms with Crippen molar-refractivity contribution in [1.82, 2.24) is 30.1 Å². The average molecular weight is 965 g/mol. The number of likely N-dealkylation sites (N-methyl/N-ethyl adjacent to an activating group) is 2. The number of carbonyl (C=O) groups excluding carboxylic acids is 4. The Morgan fingerprint density at radius 2 is 1.81 bits per heavy atom. The lowest BCUT2D eigenvalue weighted by atomic mass is 9.90. The van der Waals surface area contributed by atoms with Crippen LogP contribution >= 0.6 is 11.6 Å². The molecule has 2 aromatic heterocycles. The first-order valence-electron chi connectivity index (χ1n) is 22.4. The van der Waals surface area contributed by atoms with Gasteiger partial charge < -0.3 is 49.6 Å². The molecule has 0 aliphatic carbocycles. The van der Waals surface area contributed by atoms with Gasteiger partial charge in [-0.2, -0.15) is 0 Å². The lowest BCUT2D eigenvalue weighted by Gasteiger charge is -2.34. The van der Waals surface area contributed by atoms with E-state index in [1.54, 1.807) is 50.1 Å². The molecule has 3 unspecified atom stereocenters. The molecule has 16 nitrogen and oxygen atoms in total. The molecule has 5 aromatic rings. The van der Waals surface area contributed by atoms with Gasteiger partial charge in [-0.1, -0.05) is 36.7 Å². The molecule has 4 N–H and O–H groups in total. The highest BCUT2D eigenvalue weighted by molar-refractivity contribution is 6.34. The van der Waals surface area contributed by atoms with Crippen molar-refractivity contribution in [2.45, 2.75) is 65.4 Å². The number of alkyl halides is 3. The lowest BCUT2D eigenvalue weighted by molar-refractivity contribution is -0.274. The molecule has 20 heteroatoms. The molecule has 2 aliphatic rings. The van der Waals surface area contributed by atoms with Crippen LogP contribution < -0.4 is 20.3 Å². The number of rotatable bonds is 15. The van der Waals surface area contributed by atoms with Gasteiger partial charge in [-0.3, -0.25) is 14.4 Å². The van der Waals surface area contributed by atoms with E-state index in [1.165, 1.54) is 30.3 Å². The van der Waals surface area contributed by atoms with Crippen molar-refractivity contribution >= 4 is 68.7 Å². The lowest BCUT2D eigenvalue weighted by Crippen LogP contribution is -2.53. The maximum absolute atomic E-state index is 14.3. The minimum atomic E-state index is -5.09. The zero-order chi connectivity index (χ0) is 49.1. The quantitative estimate of drug-likeness (QED) is 0.0797. The van der Waals surface area contributed by atoms with Gasteiger partial charge in [0.25, 0.3) is 5.91 Å². The number of nitrogens with zero attached hydrogens (tertiary/aromatic N) is 5. The predicted octanol–water partition coefficient (Wildman–Crippen LogP) is 7.95. The fraction of sp³-hybridized carbons (Fsp3) is 0.458. The number of amides is 4. The van der Waals surface area contributed by atoms with E-state index in [0.29, 0.717) is 97.7 Å². The van der Waals surface area contributed by atoms with Crippen molar-refractivity contribution in [3.8, 4) is 16.9 Å². The Kier molecular flexibility index (Phi) is 15.1. The molecule has 0 radical (unpaired) electrons. The molecule has 2 fully saturated rings. The topological polar surface area (TPSA) is 192 Å². The third-order valence-electron chi connectivity index (χ3n) is 12.7. The van der Waals surface area contributed by atoms with Crippen molar-refractivity contribution in [3.63, 3.8) is 0 Å². The largest absolute Gasteiger partial charge is 0.573 e. The molecular weight excluding hydrogens is 909 g/mol. The van der Waals surface area contributed by atoms with E-state index in [9.17, 15) is 37.5 Å². The second-order valence-corrected chi connectivity index (χ2v) is 18.4.